The second kappa shape index (κ2) is 6.58. The number of carbonyl (C=O) groups is 1. The Morgan fingerprint density at radius 1 is 1.36 bits per heavy atom. The van der Waals surface area contributed by atoms with Crippen molar-refractivity contribution in [1.82, 2.24) is 4.98 Å². The topological polar surface area (TPSA) is 110 Å². The molecule has 25 heavy (non-hydrogen) atoms. The zero-order chi connectivity index (χ0) is 19.0. The van der Waals surface area contributed by atoms with Gasteiger partial charge in [0, 0.05) is 19.0 Å². The zero-order valence-corrected chi connectivity index (χ0v) is 13.8. The Balaban J connectivity index is 2.33. The maximum atomic E-state index is 13.2. The molecule has 1 aromatic heterocycles. The summed E-state index contributed by atoms with van der Waals surface area (Å²) in [4.78, 5) is 26.2. The van der Waals surface area contributed by atoms with Gasteiger partial charge in [-0.25, -0.2) is 13.4 Å². The first-order chi connectivity index (χ1) is 11.4. The molecule has 0 N–H and O–H groups in total. The number of carbonyl (C=O) groups excluding carboxylic acids is 1. The van der Waals surface area contributed by atoms with Crippen LogP contribution in [0, 0.1) is 16.0 Å². The van der Waals surface area contributed by atoms with Gasteiger partial charge in [0.25, 0.3) is 5.69 Å². The Labute approximate surface area is 140 Å². The maximum Gasteiger partial charge on any atom is 0.420 e. The third-order valence-electron chi connectivity index (χ3n) is 3.92. The summed E-state index contributed by atoms with van der Waals surface area (Å²) < 4.78 is 62.3. The average molecular weight is 381 g/mol. The Bertz CT molecular complexity index is 796. The molecule has 0 atom stereocenters. The normalized spacial score (nSPS) is 17.9. The molecule has 12 heteroatoms. The molecule has 0 aliphatic carbocycles. The lowest BCUT2D eigenvalue weighted by atomic mass is 10.0. The van der Waals surface area contributed by atoms with Crippen molar-refractivity contribution in [2.24, 2.45) is 5.92 Å². The van der Waals surface area contributed by atoms with Gasteiger partial charge in [-0.15, -0.1) is 0 Å². The first-order valence-electron chi connectivity index (χ1n) is 7.12. The van der Waals surface area contributed by atoms with E-state index < -0.39 is 49.8 Å². The van der Waals surface area contributed by atoms with E-state index in [1.165, 1.54) is 0 Å². The van der Waals surface area contributed by atoms with Crippen molar-refractivity contribution in [3.8, 4) is 0 Å². The van der Waals surface area contributed by atoms with Gasteiger partial charge in [0.05, 0.1) is 16.4 Å². The molecule has 2 heterocycles. The Kier molecular flexibility index (Phi) is 5.02. The molecule has 1 fully saturated rings. The molecule has 0 saturated carbocycles. The molecule has 1 amide bonds. The van der Waals surface area contributed by atoms with Gasteiger partial charge in [0.2, 0.25) is 5.91 Å². The van der Waals surface area contributed by atoms with Crippen molar-refractivity contribution < 1.29 is 31.3 Å². The van der Waals surface area contributed by atoms with Gasteiger partial charge in [0.1, 0.15) is 27.4 Å². The fourth-order valence-electron chi connectivity index (χ4n) is 2.54. The summed E-state index contributed by atoms with van der Waals surface area (Å²) in [6.45, 7) is 0. The monoisotopic (exact) mass is 381 g/mol. The zero-order valence-electron chi connectivity index (χ0n) is 13.0. The molecule has 2 rings (SSSR count). The number of aromatic nitrogens is 1. The van der Waals surface area contributed by atoms with Crippen LogP contribution in [0.25, 0.3) is 0 Å². The number of hydrogen-bond donors (Lipinski definition) is 0. The quantitative estimate of drug-likeness (QED) is 0.583. The number of nitrogens with zero attached hydrogens (tertiary/aromatic N) is 3. The van der Waals surface area contributed by atoms with Crippen LogP contribution in [0.4, 0.5) is 24.7 Å². The van der Waals surface area contributed by atoms with Crippen molar-refractivity contribution in [3.05, 3.63) is 27.9 Å². The number of pyridine rings is 1. The molecule has 1 saturated heterocycles. The van der Waals surface area contributed by atoms with E-state index in [9.17, 15) is 36.5 Å². The van der Waals surface area contributed by atoms with Crippen molar-refractivity contribution >= 4 is 27.2 Å². The van der Waals surface area contributed by atoms with Crippen LogP contribution >= 0.6 is 0 Å². The van der Waals surface area contributed by atoms with Gasteiger partial charge in [-0.2, -0.15) is 13.2 Å². The lowest BCUT2D eigenvalue weighted by molar-refractivity contribution is -0.385. The second-order valence-corrected chi connectivity index (χ2v) is 7.95. The van der Waals surface area contributed by atoms with Gasteiger partial charge in [-0.05, 0) is 12.8 Å². The lowest BCUT2D eigenvalue weighted by Gasteiger charge is -2.27. The van der Waals surface area contributed by atoms with E-state index >= 15 is 0 Å². The lowest BCUT2D eigenvalue weighted by Crippen LogP contribution is -2.38. The number of amides is 1. The minimum absolute atomic E-state index is 0.0137. The smallest absolute Gasteiger partial charge is 0.299 e. The SMILES string of the molecule is CN(C(=O)C1CCS(=O)(=O)CC1)c1ncc([N+](=O)[O-])cc1C(F)(F)F. The fraction of sp³-hybridized carbons (Fsp3) is 0.538. The molecule has 0 radical (unpaired) electrons. The van der Waals surface area contributed by atoms with Crippen LogP contribution in [0.15, 0.2) is 12.3 Å². The molecule has 1 aliphatic rings. The third kappa shape index (κ3) is 4.24. The Morgan fingerprint density at radius 2 is 1.92 bits per heavy atom. The molecular weight excluding hydrogens is 367 g/mol. The van der Waals surface area contributed by atoms with Crippen LogP contribution in [-0.4, -0.2) is 42.8 Å². The van der Waals surface area contributed by atoms with E-state index in [4.69, 9.17) is 0 Å². The molecule has 0 unspecified atom stereocenters. The number of halogens is 3. The first-order valence-corrected chi connectivity index (χ1v) is 8.94. The first kappa shape index (κ1) is 19.1. The number of nitro groups is 1. The average Bonchev–Trinajstić information content (AvgIpc) is 2.52. The van der Waals surface area contributed by atoms with E-state index in [0.717, 1.165) is 7.05 Å². The summed E-state index contributed by atoms with van der Waals surface area (Å²) >= 11 is 0. The van der Waals surface area contributed by atoms with E-state index in [1.54, 1.807) is 0 Å². The van der Waals surface area contributed by atoms with Gasteiger partial charge >= 0.3 is 6.18 Å². The van der Waals surface area contributed by atoms with Gasteiger partial charge in [0.15, 0.2) is 0 Å². The number of alkyl halides is 3. The van der Waals surface area contributed by atoms with Crippen LogP contribution in [0.2, 0.25) is 0 Å². The summed E-state index contributed by atoms with van der Waals surface area (Å²) in [7, 11) is -2.15. The van der Waals surface area contributed by atoms with Gasteiger partial charge in [-0.1, -0.05) is 0 Å². The standard InChI is InChI=1S/C13H14F3N3O5S/c1-18(12(20)8-2-4-25(23,24)5-3-8)11-10(13(14,15)16)6-9(7-17-11)19(21)22/h6-8H,2-5H2,1H3. The molecule has 8 nitrogen and oxygen atoms in total. The Morgan fingerprint density at radius 3 is 2.40 bits per heavy atom. The molecular formula is C13H14F3N3O5S. The number of anilines is 1. The Hall–Kier alpha value is -2.24. The van der Waals surface area contributed by atoms with Gasteiger partial charge in [-0.3, -0.25) is 19.8 Å². The van der Waals surface area contributed by atoms with E-state index in [0.29, 0.717) is 17.2 Å². The highest BCUT2D eigenvalue weighted by Gasteiger charge is 2.39. The van der Waals surface area contributed by atoms with Crippen LogP contribution in [0.1, 0.15) is 18.4 Å². The predicted molar refractivity (Wildman–Crippen MR) is 80.7 cm³/mol. The van der Waals surface area contributed by atoms with Crippen molar-refractivity contribution in [2.45, 2.75) is 19.0 Å². The summed E-state index contributed by atoms with van der Waals surface area (Å²) in [6, 6.07) is 0.317. The van der Waals surface area contributed by atoms with Crippen molar-refractivity contribution in [2.75, 3.05) is 23.5 Å². The highest BCUT2D eigenvalue weighted by atomic mass is 32.2. The second-order valence-electron chi connectivity index (χ2n) is 5.64. The number of sulfone groups is 1. The van der Waals surface area contributed by atoms with Gasteiger partial charge < -0.3 is 0 Å². The maximum absolute atomic E-state index is 13.2. The highest BCUT2D eigenvalue weighted by Crippen LogP contribution is 2.37. The van der Waals surface area contributed by atoms with E-state index in [1.807, 2.05) is 0 Å². The molecule has 0 spiro atoms. The van der Waals surface area contributed by atoms with E-state index in [-0.39, 0.29) is 24.3 Å². The summed E-state index contributed by atoms with van der Waals surface area (Å²) in [5.41, 5.74) is -2.25. The predicted octanol–water partition coefficient (Wildman–Crippen LogP) is 1.80. The largest absolute Gasteiger partial charge is 0.420 e. The van der Waals surface area contributed by atoms with Crippen LogP contribution in [-0.2, 0) is 20.8 Å². The van der Waals surface area contributed by atoms with E-state index in [2.05, 4.69) is 4.98 Å². The summed E-state index contributed by atoms with van der Waals surface area (Å²) in [5, 5.41) is 10.7. The van der Waals surface area contributed by atoms with Crippen molar-refractivity contribution in [3.63, 3.8) is 0 Å². The molecule has 0 bridgehead atoms. The minimum Gasteiger partial charge on any atom is -0.299 e. The number of hydrogen-bond acceptors (Lipinski definition) is 6. The molecule has 138 valence electrons. The molecule has 1 aromatic rings. The minimum atomic E-state index is -4.95. The van der Waals surface area contributed by atoms with Crippen LogP contribution < -0.4 is 4.90 Å². The van der Waals surface area contributed by atoms with Crippen LogP contribution in [0.5, 0.6) is 0 Å². The highest BCUT2D eigenvalue weighted by molar-refractivity contribution is 7.91. The third-order valence-corrected chi connectivity index (χ3v) is 5.64. The fourth-order valence-corrected chi connectivity index (χ4v) is 4.03. The summed E-state index contributed by atoms with van der Waals surface area (Å²) in [6.07, 6.45) is -4.28. The summed E-state index contributed by atoms with van der Waals surface area (Å²) in [5.74, 6) is -2.63. The molecule has 0 aromatic carbocycles. The molecule has 1 aliphatic heterocycles. The van der Waals surface area contributed by atoms with Crippen molar-refractivity contribution in [1.29, 1.82) is 0 Å². The van der Waals surface area contributed by atoms with Crippen LogP contribution in [0.3, 0.4) is 0 Å². The number of rotatable bonds is 3.